The molecule has 2 aromatic carbocycles. The van der Waals surface area contributed by atoms with Crippen LogP contribution in [0.1, 0.15) is 23.6 Å². The average Bonchev–Trinajstić information content (AvgIpc) is 2.84. The zero-order valence-electron chi connectivity index (χ0n) is 12.1. The molecule has 0 saturated carbocycles. The smallest absolute Gasteiger partial charge is 0.406 e. The number of anilines is 1. The normalized spacial score (nSPS) is 22.8. The van der Waals surface area contributed by atoms with E-state index in [9.17, 15) is 13.2 Å². The summed E-state index contributed by atoms with van der Waals surface area (Å²) in [6.45, 7) is 0. The molecule has 4 rings (SSSR count). The number of hydrogen-bond acceptors (Lipinski definition) is 3. The summed E-state index contributed by atoms with van der Waals surface area (Å²) in [5.74, 6) is -0.185. The number of alkyl halides is 3. The van der Waals surface area contributed by atoms with Crippen molar-refractivity contribution in [2.45, 2.75) is 31.3 Å². The minimum Gasteiger partial charge on any atom is -0.406 e. The Kier molecular flexibility index (Phi) is 3.23. The Bertz CT molecular complexity index is 718. The van der Waals surface area contributed by atoms with E-state index in [4.69, 9.17) is 4.84 Å². The highest BCUT2D eigenvalue weighted by Crippen LogP contribution is 2.45. The van der Waals surface area contributed by atoms with E-state index < -0.39 is 6.36 Å². The zero-order chi connectivity index (χ0) is 16.0. The Balaban J connectivity index is 1.66. The molecule has 3 nitrogen and oxygen atoms in total. The van der Waals surface area contributed by atoms with E-state index in [0.29, 0.717) is 6.42 Å². The van der Waals surface area contributed by atoms with E-state index in [1.54, 1.807) is 6.07 Å². The van der Waals surface area contributed by atoms with Crippen LogP contribution in [0.3, 0.4) is 0 Å². The van der Waals surface area contributed by atoms with Crippen molar-refractivity contribution in [3.63, 3.8) is 0 Å². The minimum absolute atomic E-state index is 0.0196. The fourth-order valence-corrected chi connectivity index (χ4v) is 3.30. The third kappa shape index (κ3) is 2.74. The Morgan fingerprint density at radius 3 is 2.61 bits per heavy atom. The second kappa shape index (κ2) is 5.16. The molecule has 23 heavy (non-hydrogen) atoms. The maximum atomic E-state index is 12.4. The largest absolute Gasteiger partial charge is 0.573 e. The van der Waals surface area contributed by atoms with Crippen LogP contribution in [0.25, 0.3) is 0 Å². The van der Waals surface area contributed by atoms with Crippen LogP contribution in [-0.4, -0.2) is 12.5 Å². The van der Waals surface area contributed by atoms with Crippen molar-refractivity contribution in [1.82, 2.24) is 0 Å². The first-order chi connectivity index (χ1) is 11.0. The highest BCUT2D eigenvalue weighted by Gasteiger charge is 2.40. The number of halogens is 3. The van der Waals surface area contributed by atoms with Crippen LogP contribution in [0, 0.1) is 0 Å². The minimum atomic E-state index is -4.68. The van der Waals surface area contributed by atoms with E-state index in [0.717, 1.165) is 23.2 Å². The van der Waals surface area contributed by atoms with Crippen LogP contribution in [-0.2, 0) is 11.3 Å². The highest BCUT2D eigenvalue weighted by molar-refractivity contribution is 5.59. The molecule has 2 heterocycles. The predicted molar refractivity (Wildman–Crippen MR) is 78.0 cm³/mol. The molecule has 6 heteroatoms. The Hall–Kier alpha value is -2.21. The predicted octanol–water partition coefficient (Wildman–Crippen LogP) is 4.39. The molecule has 2 aromatic rings. The molecule has 0 aliphatic carbocycles. The molecule has 2 bridgehead atoms. The van der Waals surface area contributed by atoms with Crippen LogP contribution in [0.5, 0.6) is 5.75 Å². The van der Waals surface area contributed by atoms with Gasteiger partial charge in [0.1, 0.15) is 5.75 Å². The summed E-state index contributed by atoms with van der Waals surface area (Å²) in [6, 6.07) is 14.5. The average molecular weight is 321 g/mol. The van der Waals surface area contributed by atoms with Gasteiger partial charge in [0.15, 0.2) is 0 Å². The SMILES string of the molecule is FC(F)(F)Oc1ccc2c(c1)C[C@H]1C[C@@H](c3ccccc3)N2O1. The first-order valence-corrected chi connectivity index (χ1v) is 7.39. The number of hydroxylamine groups is 1. The summed E-state index contributed by atoms with van der Waals surface area (Å²) in [7, 11) is 0. The Morgan fingerprint density at radius 1 is 1.09 bits per heavy atom. The molecule has 2 atom stereocenters. The van der Waals surface area contributed by atoms with Crippen molar-refractivity contribution >= 4 is 5.69 Å². The van der Waals surface area contributed by atoms with E-state index in [-0.39, 0.29) is 17.9 Å². The van der Waals surface area contributed by atoms with Gasteiger partial charge >= 0.3 is 6.36 Å². The van der Waals surface area contributed by atoms with Crippen LogP contribution in [0.4, 0.5) is 18.9 Å². The number of ether oxygens (including phenoxy) is 1. The second-order valence-corrected chi connectivity index (χ2v) is 5.76. The molecule has 0 radical (unpaired) electrons. The topological polar surface area (TPSA) is 21.7 Å². The molecule has 0 spiro atoms. The lowest BCUT2D eigenvalue weighted by molar-refractivity contribution is -0.274. The first-order valence-electron chi connectivity index (χ1n) is 7.39. The summed E-state index contributed by atoms with van der Waals surface area (Å²) >= 11 is 0. The Morgan fingerprint density at radius 2 is 1.87 bits per heavy atom. The third-order valence-corrected chi connectivity index (χ3v) is 4.19. The van der Waals surface area contributed by atoms with Crippen LogP contribution in [0.2, 0.25) is 0 Å². The van der Waals surface area contributed by atoms with Gasteiger partial charge in [-0.1, -0.05) is 30.3 Å². The van der Waals surface area contributed by atoms with Crippen molar-refractivity contribution in [1.29, 1.82) is 0 Å². The number of benzene rings is 2. The molecule has 1 saturated heterocycles. The summed E-state index contributed by atoms with van der Waals surface area (Å²) in [5.41, 5.74) is 2.77. The summed E-state index contributed by atoms with van der Waals surface area (Å²) in [6.07, 6.45) is -3.29. The summed E-state index contributed by atoms with van der Waals surface area (Å²) in [5, 5.41) is 1.82. The third-order valence-electron chi connectivity index (χ3n) is 4.19. The second-order valence-electron chi connectivity index (χ2n) is 5.76. The van der Waals surface area contributed by atoms with Crippen LogP contribution >= 0.6 is 0 Å². The van der Waals surface area contributed by atoms with Gasteiger partial charge in [-0.15, -0.1) is 13.2 Å². The van der Waals surface area contributed by atoms with Gasteiger partial charge in [-0.2, -0.15) is 0 Å². The van der Waals surface area contributed by atoms with Crippen LogP contribution in [0.15, 0.2) is 48.5 Å². The fourth-order valence-electron chi connectivity index (χ4n) is 3.30. The van der Waals surface area contributed by atoms with Crippen molar-refractivity contribution in [2.24, 2.45) is 0 Å². The molecule has 0 N–H and O–H groups in total. The maximum Gasteiger partial charge on any atom is 0.573 e. The zero-order valence-corrected chi connectivity index (χ0v) is 12.1. The summed E-state index contributed by atoms with van der Waals surface area (Å²) < 4.78 is 41.1. The van der Waals surface area contributed by atoms with Gasteiger partial charge in [-0.05, 0) is 29.3 Å². The van der Waals surface area contributed by atoms with Crippen molar-refractivity contribution in [3.8, 4) is 5.75 Å². The van der Waals surface area contributed by atoms with Gasteiger partial charge in [0.25, 0.3) is 0 Å². The molecule has 120 valence electrons. The molecular formula is C17H14F3NO2. The first kappa shape index (κ1) is 14.4. The molecule has 0 unspecified atom stereocenters. The van der Waals surface area contributed by atoms with Gasteiger partial charge in [-0.3, -0.25) is 4.84 Å². The standard InChI is InChI=1S/C17H14F3NO2/c18-17(19,20)22-13-6-7-15-12(8-13)9-14-10-16(21(15)23-14)11-4-2-1-3-5-11/h1-8,14,16H,9-10H2/t14-,16-/m0/s1. The van der Waals surface area contributed by atoms with E-state index >= 15 is 0 Å². The van der Waals surface area contributed by atoms with Crippen molar-refractivity contribution in [2.75, 3.05) is 5.06 Å². The number of nitrogens with zero attached hydrogens (tertiary/aromatic N) is 1. The molecule has 2 aliphatic heterocycles. The van der Waals surface area contributed by atoms with E-state index in [2.05, 4.69) is 4.74 Å². The monoisotopic (exact) mass is 321 g/mol. The summed E-state index contributed by atoms with van der Waals surface area (Å²) in [4.78, 5) is 5.90. The van der Waals surface area contributed by atoms with Crippen LogP contribution < -0.4 is 9.80 Å². The molecule has 0 aromatic heterocycles. The molecule has 1 fully saturated rings. The van der Waals surface area contributed by atoms with Crippen molar-refractivity contribution < 1.29 is 22.7 Å². The number of rotatable bonds is 2. The lowest BCUT2D eigenvalue weighted by Gasteiger charge is -2.30. The van der Waals surface area contributed by atoms with Gasteiger partial charge in [0, 0.05) is 12.8 Å². The number of hydrogen-bond donors (Lipinski definition) is 0. The van der Waals surface area contributed by atoms with Gasteiger partial charge < -0.3 is 4.74 Å². The molecular weight excluding hydrogens is 307 g/mol. The van der Waals surface area contributed by atoms with E-state index in [1.165, 1.54) is 12.1 Å². The van der Waals surface area contributed by atoms with Crippen molar-refractivity contribution in [3.05, 3.63) is 59.7 Å². The molecule has 2 aliphatic rings. The lowest BCUT2D eigenvalue weighted by Crippen LogP contribution is -2.27. The maximum absolute atomic E-state index is 12.4. The van der Waals surface area contributed by atoms with E-state index in [1.807, 2.05) is 35.4 Å². The van der Waals surface area contributed by atoms with Gasteiger partial charge in [0.2, 0.25) is 0 Å². The fraction of sp³-hybridized carbons (Fsp3) is 0.294. The molecule has 0 amide bonds. The Labute approximate surface area is 131 Å². The van der Waals surface area contributed by atoms with Gasteiger partial charge in [0.05, 0.1) is 17.8 Å². The number of fused-ring (bicyclic) bond motifs is 4. The highest BCUT2D eigenvalue weighted by atomic mass is 19.4. The quantitative estimate of drug-likeness (QED) is 0.819. The lowest BCUT2D eigenvalue weighted by atomic mass is 10.0. The van der Waals surface area contributed by atoms with Gasteiger partial charge in [-0.25, -0.2) is 5.06 Å².